The Bertz CT molecular complexity index is 937. The van der Waals surface area contributed by atoms with Crippen LogP contribution in [-0.4, -0.2) is 16.9 Å². The fourth-order valence-corrected chi connectivity index (χ4v) is 3.47. The van der Waals surface area contributed by atoms with Crippen LogP contribution >= 0.6 is 0 Å². The van der Waals surface area contributed by atoms with E-state index >= 15 is 0 Å². The zero-order valence-corrected chi connectivity index (χ0v) is 16.0. The van der Waals surface area contributed by atoms with Gasteiger partial charge in [-0.2, -0.15) is 0 Å². The van der Waals surface area contributed by atoms with E-state index in [1.807, 2.05) is 31.2 Å². The Labute approximate surface area is 164 Å². The van der Waals surface area contributed by atoms with Gasteiger partial charge in [0.05, 0.1) is 12.1 Å². The van der Waals surface area contributed by atoms with Crippen LogP contribution in [0.15, 0.2) is 65.3 Å². The van der Waals surface area contributed by atoms with Gasteiger partial charge in [0.25, 0.3) is 0 Å². The van der Waals surface area contributed by atoms with Crippen molar-refractivity contribution in [2.24, 2.45) is 0 Å². The molecule has 0 aliphatic carbocycles. The molecule has 3 atom stereocenters. The molecule has 1 amide bonds. The minimum Gasteiger partial charge on any atom is -0.465 e. The molecule has 28 heavy (non-hydrogen) atoms. The van der Waals surface area contributed by atoms with Crippen LogP contribution in [0.1, 0.15) is 46.7 Å². The van der Waals surface area contributed by atoms with Crippen LogP contribution in [0.2, 0.25) is 0 Å². The van der Waals surface area contributed by atoms with Crippen molar-refractivity contribution in [1.82, 2.24) is 21.2 Å². The number of benzene rings is 1. The second-order valence-electron chi connectivity index (χ2n) is 7.21. The Hall–Kier alpha value is -2.96. The van der Waals surface area contributed by atoms with Crippen molar-refractivity contribution in [2.75, 3.05) is 0 Å². The van der Waals surface area contributed by atoms with Crippen LogP contribution in [-0.2, 0) is 4.79 Å². The molecule has 1 aliphatic heterocycles. The Morgan fingerprint density at radius 2 is 1.75 bits per heavy atom. The Morgan fingerprint density at radius 3 is 2.43 bits per heavy atom. The summed E-state index contributed by atoms with van der Waals surface area (Å²) in [6.45, 7) is 3.96. The zero-order chi connectivity index (χ0) is 19.5. The first-order chi connectivity index (χ1) is 13.6. The lowest BCUT2D eigenvalue weighted by atomic mass is 9.98. The molecule has 4 rings (SSSR count). The fourth-order valence-electron chi connectivity index (χ4n) is 3.47. The van der Waals surface area contributed by atoms with E-state index < -0.39 is 0 Å². The van der Waals surface area contributed by atoms with Crippen LogP contribution in [0.5, 0.6) is 0 Å². The summed E-state index contributed by atoms with van der Waals surface area (Å²) in [5.41, 5.74) is 9.48. The molecule has 1 saturated heterocycles. The van der Waals surface area contributed by atoms with Crippen molar-refractivity contribution < 1.29 is 9.21 Å². The molecular formula is C22H24N4O2. The standard InChI is InChI=1S/C22H24N4O2/c1-14-3-6-16(7-4-14)21(17-9-11-23-12-10-17)24-22(27)19-13-18(25-26-19)20-8-5-15(2)28-20/h3-12,18-19,21,25-26H,13H2,1-2H3,(H,24,27). The van der Waals surface area contributed by atoms with Crippen molar-refractivity contribution in [3.8, 4) is 0 Å². The third-order valence-electron chi connectivity index (χ3n) is 5.06. The number of hydrogen-bond acceptors (Lipinski definition) is 5. The van der Waals surface area contributed by atoms with Gasteiger partial charge in [0.15, 0.2) is 0 Å². The van der Waals surface area contributed by atoms with Crippen LogP contribution in [0.3, 0.4) is 0 Å². The molecule has 1 aliphatic rings. The number of carbonyl (C=O) groups excluding carboxylic acids is 1. The molecular weight excluding hydrogens is 352 g/mol. The van der Waals surface area contributed by atoms with E-state index in [9.17, 15) is 4.79 Å². The molecule has 144 valence electrons. The van der Waals surface area contributed by atoms with E-state index in [4.69, 9.17) is 4.42 Å². The molecule has 0 bridgehead atoms. The number of carbonyl (C=O) groups is 1. The van der Waals surface area contributed by atoms with Gasteiger partial charge in [-0.3, -0.25) is 9.78 Å². The second kappa shape index (κ2) is 7.96. The summed E-state index contributed by atoms with van der Waals surface area (Å²) in [5.74, 6) is 1.65. The van der Waals surface area contributed by atoms with Crippen molar-refractivity contribution in [1.29, 1.82) is 0 Å². The predicted molar refractivity (Wildman–Crippen MR) is 106 cm³/mol. The monoisotopic (exact) mass is 376 g/mol. The molecule has 3 N–H and O–H groups in total. The lowest BCUT2D eigenvalue weighted by Crippen LogP contribution is -2.44. The van der Waals surface area contributed by atoms with E-state index in [0.717, 1.165) is 22.6 Å². The molecule has 6 heteroatoms. The third-order valence-corrected chi connectivity index (χ3v) is 5.06. The third kappa shape index (κ3) is 3.98. The van der Waals surface area contributed by atoms with E-state index in [0.29, 0.717) is 6.42 Å². The van der Waals surface area contributed by atoms with Gasteiger partial charge < -0.3 is 9.73 Å². The van der Waals surface area contributed by atoms with Crippen molar-refractivity contribution in [3.05, 3.63) is 89.1 Å². The van der Waals surface area contributed by atoms with Gasteiger partial charge in [-0.1, -0.05) is 29.8 Å². The van der Waals surface area contributed by atoms with Crippen molar-refractivity contribution in [2.45, 2.75) is 38.4 Å². The van der Waals surface area contributed by atoms with E-state index in [1.165, 1.54) is 5.56 Å². The zero-order valence-electron chi connectivity index (χ0n) is 16.0. The smallest absolute Gasteiger partial charge is 0.239 e. The van der Waals surface area contributed by atoms with Gasteiger partial charge in [-0.25, -0.2) is 10.9 Å². The van der Waals surface area contributed by atoms with Gasteiger partial charge in [0.2, 0.25) is 5.91 Å². The highest BCUT2D eigenvalue weighted by Gasteiger charge is 2.33. The van der Waals surface area contributed by atoms with E-state index in [-0.39, 0.29) is 24.0 Å². The molecule has 3 heterocycles. The molecule has 6 nitrogen and oxygen atoms in total. The van der Waals surface area contributed by atoms with Gasteiger partial charge in [-0.05, 0) is 55.7 Å². The van der Waals surface area contributed by atoms with Crippen molar-refractivity contribution >= 4 is 5.91 Å². The predicted octanol–water partition coefficient (Wildman–Crippen LogP) is 3.10. The summed E-state index contributed by atoms with van der Waals surface area (Å²) < 4.78 is 5.69. The normalized spacial score (nSPS) is 20.1. The molecule has 3 aromatic rings. The number of aromatic nitrogens is 1. The largest absolute Gasteiger partial charge is 0.465 e. The average molecular weight is 376 g/mol. The maximum Gasteiger partial charge on any atom is 0.239 e. The lowest BCUT2D eigenvalue weighted by molar-refractivity contribution is -0.123. The van der Waals surface area contributed by atoms with Crippen molar-refractivity contribution in [3.63, 3.8) is 0 Å². The molecule has 0 spiro atoms. The van der Waals surface area contributed by atoms with Crippen LogP contribution in [0.25, 0.3) is 0 Å². The lowest BCUT2D eigenvalue weighted by Gasteiger charge is -2.22. The number of nitrogens with zero attached hydrogens (tertiary/aromatic N) is 1. The first-order valence-corrected chi connectivity index (χ1v) is 9.44. The molecule has 1 aromatic carbocycles. The number of rotatable bonds is 5. The van der Waals surface area contributed by atoms with Gasteiger partial charge in [0, 0.05) is 12.4 Å². The SMILES string of the molecule is Cc1ccc(C(NC(=O)C2CC(c3ccc(C)o3)NN2)c2ccncc2)cc1. The quantitative estimate of drug-likeness (QED) is 0.638. The number of amides is 1. The number of pyridine rings is 1. The summed E-state index contributed by atoms with van der Waals surface area (Å²) in [4.78, 5) is 17.1. The highest BCUT2D eigenvalue weighted by molar-refractivity contribution is 5.83. The summed E-state index contributed by atoms with van der Waals surface area (Å²) in [7, 11) is 0. The van der Waals surface area contributed by atoms with Gasteiger partial charge in [0.1, 0.15) is 17.6 Å². The van der Waals surface area contributed by atoms with Gasteiger partial charge in [-0.15, -0.1) is 0 Å². The summed E-state index contributed by atoms with van der Waals surface area (Å²) >= 11 is 0. The maximum atomic E-state index is 13.0. The van der Waals surface area contributed by atoms with E-state index in [1.54, 1.807) is 12.4 Å². The molecule has 0 radical (unpaired) electrons. The fraction of sp³-hybridized carbons (Fsp3) is 0.273. The first kappa shape index (κ1) is 18.4. The minimum atomic E-state index is -0.342. The van der Waals surface area contributed by atoms with Crippen LogP contribution in [0, 0.1) is 13.8 Å². The summed E-state index contributed by atoms with van der Waals surface area (Å²) in [5, 5.41) is 3.19. The summed E-state index contributed by atoms with van der Waals surface area (Å²) in [6, 6.07) is 15.4. The highest BCUT2D eigenvalue weighted by Crippen LogP contribution is 2.26. The molecule has 1 fully saturated rings. The minimum absolute atomic E-state index is 0.0248. The number of furan rings is 1. The molecule has 2 aromatic heterocycles. The van der Waals surface area contributed by atoms with Crippen LogP contribution < -0.4 is 16.2 Å². The summed E-state index contributed by atoms with van der Waals surface area (Å²) in [6.07, 6.45) is 4.11. The number of nitrogens with one attached hydrogen (secondary N) is 3. The second-order valence-corrected chi connectivity index (χ2v) is 7.21. The number of aryl methyl sites for hydroxylation is 2. The number of hydrazine groups is 1. The Balaban J connectivity index is 1.50. The van der Waals surface area contributed by atoms with E-state index in [2.05, 4.69) is 52.3 Å². The van der Waals surface area contributed by atoms with Gasteiger partial charge >= 0.3 is 0 Å². The number of hydrogen-bond donors (Lipinski definition) is 3. The molecule has 0 saturated carbocycles. The molecule has 3 unspecified atom stereocenters. The van der Waals surface area contributed by atoms with Crippen LogP contribution in [0.4, 0.5) is 0 Å². The maximum absolute atomic E-state index is 13.0. The topological polar surface area (TPSA) is 79.2 Å². The Kier molecular flexibility index (Phi) is 5.23. The highest BCUT2D eigenvalue weighted by atomic mass is 16.3. The Morgan fingerprint density at radius 1 is 1.04 bits per heavy atom. The average Bonchev–Trinajstić information content (AvgIpc) is 3.37. The first-order valence-electron chi connectivity index (χ1n) is 9.44.